The minimum Gasteiger partial charge on any atom is -0.266 e. The minimum atomic E-state index is -2.38. The first kappa shape index (κ1) is 10.1. The minimum absolute atomic E-state index is 0.00483. The van der Waals surface area contributed by atoms with Gasteiger partial charge in [-0.05, 0) is 47.8 Å². The van der Waals surface area contributed by atoms with Gasteiger partial charge in [0.1, 0.15) is 11.5 Å². The standard InChI is InChI=1S/C14H12BrFN4/c1-14(7-17)5-4-11-12(15)13(19-20(11)8-14)10-3-2-9(16)6-18-10/h2-3,6H,4-5,8H2,1H3/i1D3. The lowest BCUT2D eigenvalue weighted by atomic mass is 9.84. The van der Waals surface area contributed by atoms with Crippen molar-refractivity contribution in [3.05, 3.63) is 34.3 Å². The molecule has 0 radical (unpaired) electrons. The van der Waals surface area contributed by atoms with E-state index >= 15 is 0 Å². The van der Waals surface area contributed by atoms with Gasteiger partial charge >= 0.3 is 0 Å². The summed E-state index contributed by atoms with van der Waals surface area (Å²) in [7, 11) is 0. The van der Waals surface area contributed by atoms with Crippen molar-refractivity contribution in [3.8, 4) is 17.5 Å². The second kappa shape index (κ2) is 4.67. The van der Waals surface area contributed by atoms with Crippen LogP contribution in [0.1, 0.15) is 23.1 Å². The van der Waals surface area contributed by atoms with Gasteiger partial charge in [0.2, 0.25) is 0 Å². The fourth-order valence-electron chi connectivity index (χ4n) is 2.28. The van der Waals surface area contributed by atoms with Crippen molar-refractivity contribution in [1.29, 1.82) is 5.26 Å². The maximum Gasteiger partial charge on any atom is 0.141 e. The van der Waals surface area contributed by atoms with Crippen molar-refractivity contribution >= 4 is 15.9 Å². The first-order chi connectivity index (χ1) is 10.8. The van der Waals surface area contributed by atoms with E-state index in [1.54, 1.807) is 4.68 Å². The summed E-state index contributed by atoms with van der Waals surface area (Å²) in [6, 6.07) is 4.77. The quantitative estimate of drug-likeness (QED) is 0.801. The highest BCUT2D eigenvalue weighted by Crippen LogP contribution is 2.37. The molecule has 2 aromatic rings. The number of aromatic nitrogens is 3. The number of hydrogen-bond acceptors (Lipinski definition) is 3. The summed E-state index contributed by atoms with van der Waals surface area (Å²) in [5.74, 6) is -0.445. The van der Waals surface area contributed by atoms with Crippen LogP contribution in [0.2, 0.25) is 0 Å². The molecule has 0 aliphatic carbocycles. The highest BCUT2D eigenvalue weighted by atomic mass is 79.9. The summed E-state index contributed by atoms with van der Waals surface area (Å²) in [4.78, 5) is 4.00. The fraction of sp³-hybridized carbons (Fsp3) is 0.357. The molecular weight excluding hydrogens is 323 g/mol. The third kappa shape index (κ3) is 2.12. The van der Waals surface area contributed by atoms with E-state index < -0.39 is 18.1 Å². The predicted molar refractivity (Wildman–Crippen MR) is 75.2 cm³/mol. The van der Waals surface area contributed by atoms with Gasteiger partial charge in [0.25, 0.3) is 0 Å². The molecule has 102 valence electrons. The van der Waals surface area contributed by atoms with Crippen LogP contribution in [0.15, 0.2) is 22.8 Å². The Labute approximate surface area is 128 Å². The van der Waals surface area contributed by atoms with E-state index in [0.29, 0.717) is 22.3 Å². The Balaban J connectivity index is 2.05. The molecule has 0 bridgehead atoms. The monoisotopic (exact) mass is 337 g/mol. The van der Waals surface area contributed by atoms with Crippen LogP contribution in [0.4, 0.5) is 4.39 Å². The van der Waals surface area contributed by atoms with Crippen LogP contribution in [0.25, 0.3) is 11.4 Å². The molecule has 2 aromatic heterocycles. The normalized spacial score (nSPS) is 24.1. The van der Waals surface area contributed by atoms with Crippen molar-refractivity contribution in [2.75, 3.05) is 0 Å². The number of nitriles is 1. The molecule has 1 unspecified atom stereocenters. The van der Waals surface area contributed by atoms with E-state index in [4.69, 9.17) is 4.11 Å². The van der Waals surface area contributed by atoms with Crippen molar-refractivity contribution in [3.63, 3.8) is 0 Å². The molecule has 6 heteroatoms. The molecule has 3 heterocycles. The molecule has 1 atom stereocenters. The van der Waals surface area contributed by atoms with Crippen LogP contribution in [0.3, 0.4) is 0 Å². The molecule has 1 aliphatic heterocycles. The van der Waals surface area contributed by atoms with Gasteiger partial charge in [-0.25, -0.2) is 4.39 Å². The van der Waals surface area contributed by atoms with Crippen LogP contribution in [-0.2, 0) is 13.0 Å². The second-order valence-corrected chi connectivity index (χ2v) is 5.62. The van der Waals surface area contributed by atoms with Gasteiger partial charge in [0.15, 0.2) is 0 Å². The zero-order valence-corrected chi connectivity index (χ0v) is 12.0. The second-order valence-electron chi connectivity index (χ2n) is 4.82. The van der Waals surface area contributed by atoms with Crippen LogP contribution < -0.4 is 0 Å². The molecule has 0 saturated heterocycles. The molecule has 0 amide bonds. The molecule has 4 nitrogen and oxygen atoms in total. The van der Waals surface area contributed by atoms with Gasteiger partial charge in [-0.3, -0.25) is 9.67 Å². The average Bonchev–Trinajstić information content (AvgIpc) is 2.83. The number of nitrogens with zero attached hydrogens (tertiary/aromatic N) is 4. The Kier molecular flexibility index (Phi) is 2.35. The Morgan fingerprint density at radius 1 is 1.60 bits per heavy atom. The van der Waals surface area contributed by atoms with Crippen LogP contribution in [0, 0.1) is 22.6 Å². The summed E-state index contributed by atoms with van der Waals surface area (Å²) in [6.45, 7) is -2.39. The molecule has 0 saturated carbocycles. The SMILES string of the molecule is [2H]C([2H])([2H])C1(C#N)CCc2c(Br)c(-c3ccc(F)cn3)nn2C1. The van der Waals surface area contributed by atoms with Crippen molar-refractivity contribution in [2.45, 2.75) is 26.2 Å². The van der Waals surface area contributed by atoms with Gasteiger partial charge in [0, 0.05) is 4.11 Å². The molecule has 0 fully saturated rings. The summed E-state index contributed by atoms with van der Waals surface area (Å²) in [6.07, 6.45) is 1.75. The number of pyridine rings is 1. The van der Waals surface area contributed by atoms with Crippen molar-refractivity contribution in [1.82, 2.24) is 14.8 Å². The molecule has 3 rings (SSSR count). The fourth-order valence-corrected chi connectivity index (χ4v) is 2.97. The van der Waals surface area contributed by atoms with E-state index in [-0.39, 0.29) is 13.0 Å². The smallest absolute Gasteiger partial charge is 0.141 e. The lowest BCUT2D eigenvalue weighted by Crippen LogP contribution is -2.29. The van der Waals surface area contributed by atoms with Crippen molar-refractivity contribution in [2.24, 2.45) is 5.41 Å². The Morgan fingerprint density at radius 2 is 2.45 bits per heavy atom. The Hall–Kier alpha value is -1.74. The summed E-state index contributed by atoms with van der Waals surface area (Å²) >= 11 is 3.46. The Morgan fingerprint density at radius 3 is 3.10 bits per heavy atom. The van der Waals surface area contributed by atoms with Crippen LogP contribution in [-0.4, -0.2) is 14.8 Å². The summed E-state index contributed by atoms with van der Waals surface area (Å²) in [5, 5.41) is 13.8. The molecule has 20 heavy (non-hydrogen) atoms. The average molecular weight is 338 g/mol. The van der Waals surface area contributed by atoms with Gasteiger partial charge in [-0.2, -0.15) is 10.4 Å². The summed E-state index contributed by atoms with van der Waals surface area (Å²) in [5.41, 5.74) is 0.371. The van der Waals surface area contributed by atoms with Gasteiger partial charge < -0.3 is 0 Å². The highest BCUT2D eigenvalue weighted by molar-refractivity contribution is 9.10. The summed E-state index contributed by atoms with van der Waals surface area (Å²) < 4.78 is 38.3. The van der Waals surface area contributed by atoms with E-state index in [2.05, 4.69) is 26.0 Å². The third-order valence-corrected chi connectivity index (χ3v) is 4.22. The lowest BCUT2D eigenvalue weighted by molar-refractivity contribution is 0.285. The highest BCUT2D eigenvalue weighted by Gasteiger charge is 2.33. The Bertz CT molecular complexity index is 794. The van der Waals surface area contributed by atoms with E-state index in [1.165, 1.54) is 12.1 Å². The number of fused-ring (bicyclic) bond motifs is 1. The van der Waals surface area contributed by atoms with Crippen LogP contribution >= 0.6 is 15.9 Å². The largest absolute Gasteiger partial charge is 0.266 e. The maximum absolute atomic E-state index is 13.0. The van der Waals surface area contributed by atoms with Gasteiger partial charge in [0.05, 0.1) is 40.1 Å². The molecule has 0 N–H and O–H groups in total. The van der Waals surface area contributed by atoms with E-state index in [9.17, 15) is 9.65 Å². The van der Waals surface area contributed by atoms with Crippen molar-refractivity contribution < 1.29 is 8.50 Å². The molecule has 1 aliphatic rings. The first-order valence-electron chi connectivity index (χ1n) is 7.56. The zero-order valence-electron chi connectivity index (χ0n) is 13.4. The number of halogens is 2. The molecule has 0 aromatic carbocycles. The predicted octanol–water partition coefficient (Wildman–Crippen LogP) is 3.32. The molecular formula is C14H12BrFN4. The maximum atomic E-state index is 13.0. The van der Waals surface area contributed by atoms with E-state index in [0.717, 1.165) is 11.9 Å². The third-order valence-electron chi connectivity index (χ3n) is 3.39. The topological polar surface area (TPSA) is 54.5 Å². The number of hydrogen-bond donors (Lipinski definition) is 0. The zero-order chi connectivity index (χ0) is 16.8. The molecule has 0 spiro atoms. The van der Waals surface area contributed by atoms with Gasteiger partial charge in [-0.1, -0.05) is 0 Å². The van der Waals surface area contributed by atoms with Gasteiger partial charge in [-0.15, -0.1) is 0 Å². The first-order valence-corrected chi connectivity index (χ1v) is 6.85. The van der Waals surface area contributed by atoms with Crippen LogP contribution in [0.5, 0.6) is 0 Å². The van der Waals surface area contributed by atoms with E-state index in [1.807, 2.05) is 6.07 Å². The number of rotatable bonds is 1. The lowest BCUT2D eigenvalue weighted by Gasteiger charge is -2.27.